The molecule has 0 bridgehead atoms. The van der Waals surface area contributed by atoms with Gasteiger partial charge in [0.2, 0.25) is 0 Å². The molecule has 0 radical (unpaired) electrons. The minimum Gasteiger partial charge on any atom is -0.383 e. The lowest BCUT2D eigenvalue weighted by Crippen LogP contribution is -2.01. The van der Waals surface area contributed by atoms with Gasteiger partial charge in [-0.1, -0.05) is 0 Å². The van der Waals surface area contributed by atoms with Gasteiger partial charge in [-0.15, -0.1) is 0 Å². The van der Waals surface area contributed by atoms with Gasteiger partial charge in [0, 0.05) is 6.07 Å². The van der Waals surface area contributed by atoms with E-state index in [0.29, 0.717) is 6.07 Å². The van der Waals surface area contributed by atoms with Crippen molar-refractivity contribution in [2.75, 3.05) is 11.1 Å². The summed E-state index contributed by atoms with van der Waals surface area (Å²) in [5, 5.41) is 13.2. The van der Waals surface area contributed by atoms with E-state index in [0.717, 1.165) is 18.2 Å². The standard InChI is InChI=1S/C11H7BrF2N4O2/c12-6-3-9(8(14)4-7(6)13)16-11-2-5(18(19)20)1-10(15)17-11/h1-4H,(H3,15,16,17). The molecule has 6 nitrogen and oxygen atoms in total. The number of benzene rings is 1. The van der Waals surface area contributed by atoms with Crippen LogP contribution >= 0.6 is 15.9 Å². The van der Waals surface area contributed by atoms with Crippen LogP contribution in [0.5, 0.6) is 0 Å². The molecule has 20 heavy (non-hydrogen) atoms. The molecular weight excluding hydrogens is 338 g/mol. The molecule has 2 aromatic rings. The van der Waals surface area contributed by atoms with Crippen LogP contribution in [0.3, 0.4) is 0 Å². The molecule has 0 aliphatic carbocycles. The van der Waals surface area contributed by atoms with E-state index in [1.165, 1.54) is 0 Å². The number of nitrogens with one attached hydrogen (secondary N) is 1. The summed E-state index contributed by atoms with van der Waals surface area (Å²) in [4.78, 5) is 13.8. The van der Waals surface area contributed by atoms with Crippen molar-refractivity contribution in [2.45, 2.75) is 0 Å². The van der Waals surface area contributed by atoms with E-state index in [1.807, 2.05) is 0 Å². The summed E-state index contributed by atoms with van der Waals surface area (Å²) in [7, 11) is 0. The first-order chi connectivity index (χ1) is 9.36. The Labute approximate surface area is 119 Å². The van der Waals surface area contributed by atoms with Crippen molar-refractivity contribution in [1.29, 1.82) is 0 Å². The van der Waals surface area contributed by atoms with Gasteiger partial charge in [-0.2, -0.15) is 0 Å². The number of hydrogen-bond acceptors (Lipinski definition) is 5. The van der Waals surface area contributed by atoms with E-state index in [2.05, 4.69) is 26.2 Å². The summed E-state index contributed by atoms with van der Waals surface area (Å²) in [5.74, 6) is -1.74. The molecule has 0 spiro atoms. The first-order valence-electron chi connectivity index (χ1n) is 5.20. The second-order valence-electron chi connectivity index (χ2n) is 3.76. The second kappa shape index (κ2) is 5.37. The van der Waals surface area contributed by atoms with Gasteiger partial charge in [0.1, 0.15) is 23.3 Å². The normalized spacial score (nSPS) is 10.3. The van der Waals surface area contributed by atoms with Gasteiger partial charge in [0.15, 0.2) is 0 Å². The molecule has 9 heteroatoms. The lowest BCUT2D eigenvalue weighted by molar-refractivity contribution is -0.384. The summed E-state index contributed by atoms with van der Waals surface area (Å²) >= 11 is 2.91. The first kappa shape index (κ1) is 14.1. The van der Waals surface area contributed by atoms with Crippen LogP contribution in [-0.4, -0.2) is 9.91 Å². The fourth-order valence-corrected chi connectivity index (χ4v) is 1.81. The Morgan fingerprint density at radius 3 is 2.60 bits per heavy atom. The summed E-state index contributed by atoms with van der Waals surface area (Å²) in [6, 6.07) is 3.99. The number of nitro groups is 1. The fraction of sp³-hybridized carbons (Fsp3) is 0. The quantitative estimate of drug-likeness (QED) is 0.505. The van der Waals surface area contributed by atoms with Gasteiger partial charge in [-0.05, 0) is 22.0 Å². The summed E-state index contributed by atoms with van der Waals surface area (Å²) in [6.07, 6.45) is 0. The molecule has 0 saturated carbocycles. The highest BCUT2D eigenvalue weighted by Gasteiger charge is 2.13. The Morgan fingerprint density at radius 1 is 1.25 bits per heavy atom. The van der Waals surface area contributed by atoms with Crippen LogP contribution in [0, 0.1) is 21.7 Å². The number of halogens is 3. The van der Waals surface area contributed by atoms with Crippen LogP contribution in [0.1, 0.15) is 0 Å². The topological polar surface area (TPSA) is 94.1 Å². The van der Waals surface area contributed by atoms with Gasteiger partial charge < -0.3 is 11.1 Å². The number of nitrogen functional groups attached to an aromatic ring is 1. The van der Waals surface area contributed by atoms with Gasteiger partial charge in [-0.25, -0.2) is 13.8 Å². The molecule has 0 amide bonds. The van der Waals surface area contributed by atoms with Crippen LogP contribution in [0.2, 0.25) is 0 Å². The highest BCUT2D eigenvalue weighted by molar-refractivity contribution is 9.10. The molecule has 1 aromatic heterocycles. The maximum absolute atomic E-state index is 13.6. The Morgan fingerprint density at radius 2 is 1.95 bits per heavy atom. The van der Waals surface area contributed by atoms with Gasteiger partial charge in [0.25, 0.3) is 5.69 Å². The molecule has 0 aliphatic heterocycles. The Hall–Kier alpha value is -2.29. The van der Waals surface area contributed by atoms with Crippen molar-refractivity contribution in [2.24, 2.45) is 0 Å². The van der Waals surface area contributed by atoms with E-state index in [4.69, 9.17) is 5.73 Å². The number of rotatable bonds is 3. The van der Waals surface area contributed by atoms with Crippen LogP contribution in [0.4, 0.5) is 31.8 Å². The number of aromatic nitrogens is 1. The fourth-order valence-electron chi connectivity index (χ4n) is 1.46. The van der Waals surface area contributed by atoms with E-state index >= 15 is 0 Å². The number of anilines is 3. The summed E-state index contributed by atoms with van der Waals surface area (Å²) in [5.41, 5.74) is 5.04. The summed E-state index contributed by atoms with van der Waals surface area (Å²) < 4.78 is 26.7. The zero-order valence-electron chi connectivity index (χ0n) is 9.73. The first-order valence-corrected chi connectivity index (χ1v) is 5.99. The lowest BCUT2D eigenvalue weighted by Gasteiger charge is -2.08. The zero-order valence-corrected chi connectivity index (χ0v) is 11.3. The molecule has 0 saturated heterocycles. The third-order valence-corrected chi connectivity index (χ3v) is 2.92. The van der Waals surface area contributed by atoms with Crippen molar-refractivity contribution in [1.82, 2.24) is 4.98 Å². The van der Waals surface area contributed by atoms with Crippen LogP contribution < -0.4 is 11.1 Å². The van der Waals surface area contributed by atoms with E-state index in [1.54, 1.807) is 0 Å². The Kier molecular flexibility index (Phi) is 3.79. The van der Waals surface area contributed by atoms with Crippen molar-refractivity contribution in [3.05, 3.63) is 50.5 Å². The molecule has 1 heterocycles. The predicted octanol–water partition coefficient (Wildman–Crippen LogP) is 3.36. The highest BCUT2D eigenvalue weighted by atomic mass is 79.9. The third kappa shape index (κ3) is 2.99. The molecule has 0 unspecified atom stereocenters. The SMILES string of the molecule is Nc1cc([N+](=O)[O-])cc(Nc2cc(Br)c(F)cc2F)n1. The minimum atomic E-state index is -0.863. The Bertz CT molecular complexity index is 696. The van der Waals surface area contributed by atoms with Gasteiger partial charge in [0.05, 0.1) is 27.2 Å². The molecule has 2 rings (SSSR count). The molecule has 0 atom stereocenters. The van der Waals surface area contributed by atoms with Gasteiger partial charge in [-0.3, -0.25) is 10.1 Å². The highest BCUT2D eigenvalue weighted by Crippen LogP contribution is 2.27. The second-order valence-corrected chi connectivity index (χ2v) is 4.62. The minimum absolute atomic E-state index is 0.0193. The maximum atomic E-state index is 13.6. The smallest absolute Gasteiger partial charge is 0.276 e. The van der Waals surface area contributed by atoms with Crippen molar-refractivity contribution < 1.29 is 13.7 Å². The molecule has 104 valence electrons. The van der Waals surface area contributed by atoms with Crippen molar-refractivity contribution in [3.63, 3.8) is 0 Å². The third-order valence-electron chi connectivity index (χ3n) is 2.31. The molecule has 1 aromatic carbocycles. The number of nitrogens with two attached hydrogens (primary N) is 1. The van der Waals surface area contributed by atoms with Crippen molar-refractivity contribution >= 4 is 38.9 Å². The number of hydrogen-bond donors (Lipinski definition) is 2. The van der Waals surface area contributed by atoms with Gasteiger partial charge >= 0.3 is 0 Å². The largest absolute Gasteiger partial charge is 0.383 e. The average Bonchev–Trinajstić information content (AvgIpc) is 2.35. The average molecular weight is 345 g/mol. The predicted molar refractivity (Wildman–Crippen MR) is 72.6 cm³/mol. The monoisotopic (exact) mass is 344 g/mol. The zero-order chi connectivity index (χ0) is 14.9. The molecule has 0 aliphatic rings. The summed E-state index contributed by atoms with van der Waals surface area (Å²) in [6.45, 7) is 0. The van der Waals surface area contributed by atoms with E-state index < -0.39 is 16.6 Å². The number of nitrogens with zero attached hydrogens (tertiary/aromatic N) is 2. The molecular formula is C11H7BrF2N4O2. The lowest BCUT2D eigenvalue weighted by atomic mass is 10.3. The van der Waals surface area contributed by atoms with E-state index in [9.17, 15) is 18.9 Å². The van der Waals surface area contributed by atoms with E-state index in [-0.39, 0.29) is 27.5 Å². The van der Waals surface area contributed by atoms with Crippen molar-refractivity contribution in [3.8, 4) is 0 Å². The van der Waals surface area contributed by atoms with Crippen LogP contribution in [0.25, 0.3) is 0 Å². The van der Waals surface area contributed by atoms with Crippen LogP contribution in [-0.2, 0) is 0 Å². The number of pyridine rings is 1. The maximum Gasteiger partial charge on any atom is 0.276 e. The van der Waals surface area contributed by atoms with Crippen LogP contribution in [0.15, 0.2) is 28.7 Å². The molecule has 3 N–H and O–H groups in total. The Balaban J connectivity index is 2.40. The molecule has 0 fully saturated rings.